The Morgan fingerprint density at radius 2 is 1.96 bits per heavy atom. The standard InChI is InChI=1S/C19H36O3Si/c1-6-19(7-2,22-23(3,4)5)12-8-9-17-14-15-13-16(20)10-11-18(15)21-17/h15,17-18H,6-14H2,1-5H3/t15-,17-,18?/m0/s1. The molecule has 0 aromatic rings. The summed E-state index contributed by atoms with van der Waals surface area (Å²) >= 11 is 0. The van der Waals surface area contributed by atoms with Gasteiger partial charge in [-0.3, -0.25) is 4.79 Å². The van der Waals surface area contributed by atoms with Crippen LogP contribution < -0.4 is 0 Å². The van der Waals surface area contributed by atoms with Crippen molar-refractivity contribution in [2.45, 2.75) is 109 Å². The van der Waals surface area contributed by atoms with Crippen molar-refractivity contribution in [2.75, 3.05) is 0 Å². The summed E-state index contributed by atoms with van der Waals surface area (Å²) < 4.78 is 12.8. The first-order chi connectivity index (χ1) is 10.8. The van der Waals surface area contributed by atoms with Gasteiger partial charge in [0.1, 0.15) is 5.78 Å². The van der Waals surface area contributed by atoms with Crippen molar-refractivity contribution < 1.29 is 14.0 Å². The maximum absolute atomic E-state index is 11.6. The minimum Gasteiger partial charge on any atom is -0.412 e. The maximum atomic E-state index is 11.6. The monoisotopic (exact) mass is 340 g/mol. The van der Waals surface area contributed by atoms with Crippen LogP contribution in [0.5, 0.6) is 0 Å². The van der Waals surface area contributed by atoms with E-state index in [2.05, 4.69) is 33.5 Å². The van der Waals surface area contributed by atoms with Crippen molar-refractivity contribution in [1.29, 1.82) is 0 Å². The zero-order chi connectivity index (χ0) is 17.1. The third-order valence-corrected chi connectivity index (χ3v) is 6.67. The topological polar surface area (TPSA) is 35.5 Å². The third kappa shape index (κ3) is 5.40. The number of ether oxygens (including phenoxy) is 1. The Morgan fingerprint density at radius 1 is 1.26 bits per heavy atom. The van der Waals surface area contributed by atoms with Crippen LogP contribution in [0.4, 0.5) is 0 Å². The number of rotatable bonds is 8. The van der Waals surface area contributed by atoms with Crippen LogP contribution in [0.1, 0.15) is 71.6 Å². The quantitative estimate of drug-likeness (QED) is 0.577. The summed E-state index contributed by atoms with van der Waals surface area (Å²) in [6.45, 7) is 11.4. The molecule has 2 fully saturated rings. The molecule has 134 valence electrons. The van der Waals surface area contributed by atoms with Crippen molar-refractivity contribution >= 4 is 14.1 Å². The molecule has 4 heteroatoms. The third-order valence-electron chi connectivity index (χ3n) is 5.63. The molecule has 1 heterocycles. The van der Waals surface area contributed by atoms with Gasteiger partial charge in [0, 0.05) is 12.8 Å². The van der Waals surface area contributed by atoms with Crippen LogP contribution in [0.3, 0.4) is 0 Å². The van der Waals surface area contributed by atoms with Gasteiger partial charge in [-0.25, -0.2) is 0 Å². The van der Waals surface area contributed by atoms with Crippen LogP contribution in [0.2, 0.25) is 19.6 Å². The Kier molecular flexibility index (Phi) is 6.48. The van der Waals surface area contributed by atoms with Crippen molar-refractivity contribution in [2.24, 2.45) is 5.92 Å². The minimum absolute atomic E-state index is 0.0613. The highest BCUT2D eigenvalue weighted by molar-refractivity contribution is 6.69. The van der Waals surface area contributed by atoms with Gasteiger partial charge in [0.2, 0.25) is 0 Å². The van der Waals surface area contributed by atoms with E-state index in [9.17, 15) is 4.79 Å². The predicted molar refractivity (Wildman–Crippen MR) is 97.2 cm³/mol. The van der Waals surface area contributed by atoms with E-state index in [1.54, 1.807) is 0 Å². The Bertz CT molecular complexity index is 398. The Morgan fingerprint density at radius 3 is 2.57 bits per heavy atom. The molecular weight excluding hydrogens is 304 g/mol. The van der Waals surface area contributed by atoms with Crippen molar-refractivity contribution in [3.8, 4) is 0 Å². The molecule has 2 aliphatic rings. The number of carbonyl (C=O) groups excluding carboxylic acids is 1. The summed E-state index contributed by atoms with van der Waals surface area (Å²) in [5, 5.41) is 0. The fraction of sp³-hybridized carbons (Fsp3) is 0.947. The van der Waals surface area contributed by atoms with Gasteiger partial charge in [-0.2, -0.15) is 0 Å². The van der Waals surface area contributed by atoms with Crippen LogP contribution in [-0.2, 0) is 14.0 Å². The second kappa shape index (κ2) is 7.79. The second-order valence-corrected chi connectivity index (χ2v) is 13.0. The Hall–Kier alpha value is -0.193. The SMILES string of the molecule is CCC(CC)(CCC[C@H]1C[C@@H]2CC(=O)CCC2O1)O[Si](C)(C)C. The summed E-state index contributed by atoms with van der Waals surface area (Å²) in [6, 6.07) is 0. The first kappa shape index (κ1) is 19.1. The van der Waals surface area contributed by atoms with E-state index in [0.717, 1.165) is 51.4 Å². The average molecular weight is 341 g/mol. The fourth-order valence-electron chi connectivity index (χ4n) is 4.41. The number of ketones is 1. The largest absolute Gasteiger partial charge is 0.412 e. The van der Waals surface area contributed by atoms with Crippen molar-refractivity contribution in [3.63, 3.8) is 0 Å². The summed E-state index contributed by atoms with van der Waals surface area (Å²) in [6.07, 6.45) is 9.88. The van der Waals surface area contributed by atoms with E-state index >= 15 is 0 Å². The van der Waals surface area contributed by atoms with Gasteiger partial charge in [0.05, 0.1) is 17.8 Å². The highest BCUT2D eigenvalue weighted by Gasteiger charge is 2.39. The van der Waals surface area contributed by atoms with Gasteiger partial charge >= 0.3 is 0 Å². The molecule has 23 heavy (non-hydrogen) atoms. The molecule has 0 aromatic heterocycles. The van der Waals surface area contributed by atoms with E-state index in [1.807, 2.05) is 0 Å². The van der Waals surface area contributed by atoms with Gasteiger partial charge in [-0.15, -0.1) is 0 Å². The summed E-state index contributed by atoms with van der Waals surface area (Å²) in [4.78, 5) is 11.6. The molecule has 0 bridgehead atoms. The van der Waals surface area contributed by atoms with Crippen LogP contribution >= 0.6 is 0 Å². The van der Waals surface area contributed by atoms with E-state index in [-0.39, 0.29) is 5.60 Å². The highest BCUT2D eigenvalue weighted by Crippen LogP contribution is 2.38. The van der Waals surface area contributed by atoms with E-state index < -0.39 is 8.32 Å². The van der Waals surface area contributed by atoms with Crippen molar-refractivity contribution in [3.05, 3.63) is 0 Å². The molecular formula is C19H36O3Si. The van der Waals surface area contributed by atoms with Crippen LogP contribution in [-0.4, -0.2) is 31.9 Å². The molecule has 1 saturated heterocycles. The molecule has 1 unspecified atom stereocenters. The summed E-state index contributed by atoms with van der Waals surface area (Å²) in [5.74, 6) is 0.941. The Balaban J connectivity index is 1.80. The first-order valence-corrected chi connectivity index (χ1v) is 13.0. The number of Topliss-reactive ketones (excluding diaryl/α,β-unsaturated/α-hetero) is 1. The fourth-order valence-corrected chi connectivity index (χ4v) is 6.10. The van der Waals surface area contributed by atoms with Gasteiger partial charge in [0.25, 0.3) is 0 Å². The minimum atomic E-state index is -1.52. The maximum Gasteiger partial charge on any atom is 0.184 e. The molecule has 0 radical (unpaired) electrons. The lowest BCUT2D eigenvalue weighted by atomic mass is 9.84. The number of fused-ring (bicyclic) bond motifs is 1. The number of hydrogen-bond acceptors (Lipinski definition) is 3. The van der Waals surface area contributed by atoms with Crippen LogP contribution in [0, 0.1) is 5.92 Å². The van der Waals surface area contributed by atoms with Crippen molar-refractivity contribution in [1.82, 2.24) is 0 Å². The lowest BCUT2D eigenvalue weighted by Gasteiger charge is -2.38. The molecule has 2 rings (SSSR count). The van der Waals surface area contributed by atoms with E-state index in [1.165, 1.54) is 6.42 Å². The average Bonchev–Trinajstić information content (AvgIpc) is 2.86. The molecule has 0 amide bonds. The normalized spacial score (nSPS) is 28.9. The van der Waals surface area contributed by atoms with Gasteiger partial charge < -0.3 is 9.16 Å². The summed E-state index contributed by atoms with van der Waals surface area (Å²) in [5.41, 5.74) is 0.0613. The first-order valence-electron chi connectivity index (χ1n) is 9.64. The zero-order valence-corrected chi connectivity index (χ0v) is 16.8. The zero-order valence-electron chi connectivity index (χ0n) is 15.8. The van der Waals surface area contributed by atoms with Crippen LogP contribution in [0.15, 0.2) is 0 Å². The molecule has 3 atom stereocenters. The number of carbonyl (C=O) groups is 1. The number of hydrogen-bond donors (Lipinski definition) is 0. The molecule has 3 nitrogen and oxygen atoms in total. The molecule has 1 aliphatic heterocycles. The lowest BCUT2D eigenvalue weighted by Crippen LogP contribution is -2.42. The lowest BCUT2D eigenvalue weighted by molar-refractivity contribution is -0.123. The molecule has 0 spiro atoms. The highest BCUT2D eigenvalue weighted by atomic mass is 28.4. The van der Waals surface area contributed by atoms with Gasteiger partial charge in [0.15, 0.2) is 8.32 Å². The second-order valence-electron chi connectivity index (χ2n) is 8.57. The predicted octanol–water partition coefficient (Wildman–Crippen LogP) is 5.09. The van der Waals surface area contributed by atoms with Gasteiger partial charge in [-0.1, -0.05) is 13.8 Å². The summed E-state index contributed by atoms with van der Waals surface area (Å²) in [7, 11) is -1.52. The van der Waals surface area contributed by atoms with E-state index in [4.69, 9.17) is 9.16 Å². The molecule has 0 aromatic carbocycles. The molecule has 1 aliphatic carbocycles. The smallest absolute Gasteiger partial charge is 0.184 e. The van der Waals surface area contributed by atoms with E-state index in [0.29, 0.717) is 23.9 Å². The molecule has 1 saturated carbocycles. The van der Waals surface area contributed by atoms with Crippen LogP contribution in [0.25, 0.3) is 0 Å². The molecule has 0 N–H and O–H groups in total. The van der Waals surface area contributed by atoms with Gasteiger partial charge in [-0.05, 0) is 70.5 Å². The Labute approximate surface area is 143 Å².